The van der Waals surface area contributed by atoms with E-state index >= 15 is 0 Å². The summed E-state index contributed by atoms with van der Waals surface area (Å²) >= 11 is -1.60. The monoisotopic (exact) mass is 439 g/mol. The maximum Gasteiger partial charge on any atom is 0.338 e. The fraction of sp³-hybridized carbons (Fsp3) is 0.450. The number of nitrogens with zero attached hydrogens (tertiary/aromatic N) is 1. The van der Waals surface area contributed by atoms with Crippen LogP contribution in [0.4, 0.5) is 0 Å². The van der Waals surface area contributed by atoms with Crippen LogP contribution in [0.3, 0.4) is 0 Å². The van der Waals surface area contributed by atoms with E-state index in [4.69, 9.17) is 0 Å². The van der Waals surface area contributed by atoms with Crippen LogP contribution >= 0.6 is 0 Å². The first-order chi connectivity index (χ1) is 13.5. The van der Waals surface area contributed by atoms with Crippen LogP contribution in [-0.2, 0) is 25.6 Å². The SMILES string of the molecule is CNS(=O)(=O)C1=C(/C=C/C(C)=C/C=C/C(C)=C/C2=NOS(=O)N2)C(C)(C)CCC1. The Morgan fingerprint density at radius 2 is 2.00 bits per heavy atom. The fourth-order valence-corrected chi connectivity index (χ4v) is 4.94. The van der Waals surface area contributed by atoms with E-state index in [1.807, 2.05) is 44.2 Å². The largest absolute Gasteiger partial charge is 0.338 e. The molecule has 2 rings (SSSR count). The van der Waals surface area contributed by atoms with Gasteiger partial charge in [0, 0.05) is 0 Å². The summed E-state index contributed by atoms with van der Waals surface area (Å²) in [6, 6.07) is 0. The molecule has 1 heterocycles. The normalized spacial score (nSPS) is 23.5. The van der Waals surface area contributed by atoms with Crippen LogP contribution in [0.2, 0.25) is 0 Å². The molecule has 1 unspecified atom stereocenters. The number of nitrogens with one attached hydrogen (secondary N) is 2. The molecule has 0 amide bonds. The van der Waals surface area contributed by atoms with E-state index in [0.717, 1.165) is 29.6 Å². The van der Waals surface area contributed by atoms with Crippen molar-refractivity contribution in [3.63, 3.8) is 0 Å². The molecule has 2 N–H and O–H groups in total. The molecule has 29 heavy (non-hydrogen) atoms. The van der Waals surface area contributed by atoms with Gasteiger partial charge in [-0.05, 0) is 68.0 Å². The Balaban J connectivity index is 2.17. The van der Waals surface area contributed by atoms with Crippen molar-refractivity contribution in [1.29, 1.82) is 0 Å². The van der Waals surface area contributed by atoms with Gasteiger partial charge < -0.3 is 0 Å². The van der Waals surface area contributed by atoms with Crippen LogP contribution < -0.4 is 9.44 Å². The Morgan fingerprint density at radius 1 is 1.28 bits per heavy atom. The van der Waals surface area contributed by atoms with Crippen molar-refractivity contribution in [2.75, 3.05) is 7.05 Å². The van der Waals surface area contributed by atoms with E-state index in [9.17, 15) is 12.6 Å². The van der Waals surface area contributed by atoms with Crippen LogP contribution in [0.25, 0.3) is 0 Å². The Labute approximate surface area is 176 Å². The van der Waals surface area contributed by atoms with Crippen LogP contribution in [0.15, 0.2) is 63.2 Å². The van der Waals surface area contributed by atoms with Crippen molar-refractivity contribution in [2.45, 2.75) is 47.0 Å². The highest BCUT2D eigenvalue weighted by Gasteiger charge is 2.33. The lowest BCUT2D eigenvalue weighted by atomic mass is 9.75. The zero-order valence-electron chi connectivity index (χ0n) is 17.5. The van der Waals surface area contributed by atoms with Crippen molar-refractivity contribution >= 4 is 27.1 Å². The third-order valence-corrected chi connectivity index (χ3v) is 7.01. The number of oxime groups is 1. The summed E-state index contributed by atoms with van der Waals surface area (Å²) in [5.74, 6) is 0.413. The van der Waals surface area contributed by atoms with Crippen molar-refractivity contribution in [3.05, 3.63) is 58.1 Å². The molecule has 9 heteroatoms. The molecular formula is C20H29N3O4S2. The standard InChI is InChI=1S/C20H29N3O4S2/c1-15(8-6-9-16(2)14-19-22-27-28(24)23-19)11-12-17-18(29(25,26)21-5)10-7-13-20(17,3)4/h6,8-9,11-12,14,21H,7,10,13H2,1-5H3,(H,22,23)/b9-6+,12-11+,15-8+,16-14+. The van der Waals surface area contributed by atoms with E-state index in [2.05, 4.69) is 32.7 Å². The Morgan fingerprint density at radius 3 is 2.62 bits per heavy atom. The predicted octanol–water partition coefficient (Wildman–Crippen LogP) is 3.52. The Hall–Kier alpha value is -1.97. The highest BCUT2D eigenvalue weighted by Crippen LogP contribution is 2.42. The van der Waals surface area contributed by atoms with Crippen LogP contribution in [0, 0.1) is 5.41 Å². The highest BCUT2D eigenvalue weighted by atomic mass is 32.2. The van der Waals surface area contributed by atoms with E-state index in [1.165, 1.54) is 7.05 Å². The summed E-state index contributed by atoms with van der Waals surface area (Å²) in [6.07, 6.45) is 13.7. The van der Waals surface area contributed by atoms with Crippen molar-refractivity contribution in [3.8, 4) is 0 Å². The van der Waals surface area contributed by atoms with Gasteiger partial charge >= 0.3 is 11.3 Å². The first kappa shape index (κ1) is 23.3. The van der Waals surface area contributed by atoms with Gasteiger partial charge in [-0.25, -0.2) is 13.1 Å². The van der Waals surface area contributed by atoms with Crippen LogP contribution in [0.1, 0.15) is 47.0 Å². The molecular weight excluding hydrogens is 410 g/mol. The van der Waals surface area contributed by atoms with E-state index < -0.39 is 21.3 Å². The van der Waals surface area contributed by atoms with Gasteiger partial charge in [0.25, 0.3) is 0 Å². The van der Waals surface area contributed by atoms with Gasteiger partial charge in [-0.15, -0.1) is 0 Å². The van der Waals surface area contributed by atoms with Gasteiger partial charge in [-0.3, -0.25) is 9.01 Å². The minimum absolute atomic E-state index is 0.194. The maximum atomic E-state index is 12.4. The van der Waals surface area contributed by atoms with Crippen molar-refractivity contribution in [2.24, 2.45) is 10.6 Å². The lowest BCUT2D eigenvalue weighted by molar-refractivity contribution is 0.381. The molecule has 7 nitrogen and oxygen atoms in total. The average Bonchev–Trinajstić information content (AvgIpc) is 3.04. The number of sulfonamides is 1. The number of allylic oxidation sites excluding steroid dienone is 9. The first-order valence-corrected chi connectivity index (χ1v) is 11.9. The topological polar surface area (TPSA) is 96.9 Å². The van der Waals surface area contributed by atoms with Crippen LogP contribution in [-0.4, -0.2) is 25.5 Å². The van der Waals surface area contributed by atoms with Crippen LogP contribution in [0.5, 0.6) is 0 Å². The minimum Gasteiger partial charge on any atom is -0.269 e. The molecule has 0 aromatic heterocycles. The van der Waals surface area contributed by atoms with Gasteiger partial charge in [0.05, 0.1) is 4.91 Å². The summed E-state index contributed by atoms with van der Waals surface area (Å²) in [7, 11) is -1.99. The lowest BCUT2D eigenvalue weighted by Gasteiger charge is -2.33. The van der Waals surface area contributed by atoms with Crippen molar-refractivity contribution < 1.29 is 16.9 Å². The highest BCUT2D eigenvalue weighted by molar-refractivity contribution is 7.93. The fourth-order valence-electron chi connectivity index (χ4n) is 3.20. The van der Waals surface area contributed by atoms with Gasteiger partial charge in [0.2, 0.25) is 10.0 Å². The number of amidine groups is 1. The molecule has 1 aliphatic heterocycles. The Bertz CT molecular complexity index is 952. The second kappa shape index (κ2) is 9.69. The maximum absolute atomic E-state index is 12.4. The number of hydrogen-bond donors (Lipinski definition) is 2. The zero-order chi connectivity index (χ0) is 21.7. The van der Waals surface area contributed by atoms with Crippen molar-refractivity contribution in [1.82, 2.24) is 9.44 Å². The molecule has 0 saturated heterocycles. The second-order valence-electron chi connectivity index (χ2n) is 7.66. The van der Waals surface area contributed by atoms with Gasteiger partial charge in [-0.1, -0.05) is 49.8 Å². The molecule has 0 aromatic rings. The summed E-state index contributed by atoms with van der Waals surface area (Å²) in [5, 5.41) is 3.64. The summed E-state index contributed by atoms with van der Waals surface area (Å²) < 4.78 is 45.5. The third-order valence-electron chi connectivity index (χ3n) is 4.81. The molecule has 1 aliphatic carbocycles. The smallest absolute Gasteiger partial charge is 0.269 e. The number of hydrogen-bond acceptors (Lipinski definition) is 5. The summed E-state index contributed by atoms with van der Waals surface area (Å²) in [4.78, 5) is 0.485. The zero-order valence-corrected chi connectivity index (χ0v) is 19.1. The van der Waals surface area contributed by atoms with Gasteiger partial charge in [-0.2, -0.15) is 4.21 Å². The summed E-state index contributed by atoms with van der Waals surface area (Å²) in [5.41, 5.74) is 2.57. The van der Waals surface area contributed by atoms with E-state index in [1.54, 1.807) is 6.08 Å². The van der Waals surface area contributed by atoms with Gasteiger partial charge in [0.15, 0.2) is 5.84 Å². The third kappa shape index (κ3) is 6.52. The molecule has 0 fully saturated rings. The molecule has 0 bridgehead atoms. The number of rotatable bonds is 7. The quantitative estimate of drug-likeness (QED) is 0.593. The summed E-state index contributed by atoms with van der Waals surface area (Å²) in [6.45, 7) is 8.02. The lowest BCUT2D eigenvalue weighted by Crippen LogP contribution is -2.28. The molecule has 160 valence electrons. The molecule has 2 aliphatic rings. The second-order valence-corrected chi connectivity index (χ2v) is 10.4. The molecule has 0 spiro atoms. The van der Waals surface area contributed by atoms with Gasteiger partial charge in [0.1, 0.15) is 0 Å². The molecule has 0 aromatic carbocycles. The van der Waals surface area contributed by atoms with E-state index in [-0.39, 0.29) is 5.41 Å². The minimum atomic E-state index is -3.44. The average molecular weight is 440 g/mol. The van der Waals surface area contributed by atoms with E-state index in [0.29, 0.717) is 17.2 Å². The predicted molar refractivity (Wildman–Crippen MR) is 118 cm³/mol. The molecule has 0 saturated carbocycles. The first-order valence-electron chi connectivity index (χ1n) is 9.37. The molecule has 0 radical (unpaired) electrons. The molecule has 1 atom stereocenters. The Kier molecular flexibility index (Phi) is 7.79.